The number of hydrogen-bond acceptors (Lipinski definition) is 7. The summed E-state index contributed by atoms with van der Waals surface area (Å²) in [5.41, 5.74) is 4.71. The number of pyridine rings is 1. The summed E-state index contributed by atoms with van der Waals surface area (Å²) in [6.45, 7) is 7.20. The van der Waals surface area contributed by atoms with E-state index in [0.717, 1.165) is 40.2 Å². The summed E-state index contributed by atoms with van der Waals surface area (Å²) in [7, 11) is 1.72. The molecule has 3 heterocycles. The van der Waals surface area contributed by atoms with Gasteiger partial charge in [-0.25, -0.2) is 4.98 Å². The molecule has 4 rings (SSSR count). The topological polar surface area (TPSA) is 61.7 Å². The van der Waals surface area contributed by atoms with Crippen molar-refractivity contribution >= 4 is 32.9 Å². The first-order valence-electron chi connectivity index (χ1n) is 8.95. The van der Waals surface area contributed by atoms with E-state index in [4.69, 9.17) is 4.74 Å². The number of thiazole rings is 1. The number of methoxy groups -OCH3 is 1. The molecule has 0 radical (unpaired) electrons. The third-order valence-electron chi connectivity index (χ3n) is 5.31. The highest BCUT2D eigenvalue weighted by Gasteiger charge is 2.45. The van der Waals surface area contributed by atoms with Gasteiger partial charge in [0.2, 0.25) is 5.85 Å². The number of aliphatic hydroxyl groups is 1. The Hall–Kier alpha value is -2.22. The van der Waals surface area contributed by atoms with E-state index in [1.54, 1.807) is 44.7 Å². The molecule has 0 bridgehead atoms. The summed E-state index contributed by atoms with van der Waals surface area (Å²) >= 11 is 1.64. The lowest BCUT2D eigenvalue weighted by Gasteiger charge is -2.42. The fourth-order valence-electron chi connectivity index (χ4n) is 3.82. The van der Waals surface area contributed by atoms with Gasteiger partial charge in [0.1, 0.15) is 0 Å². The van der Waals surface area contributed by atoms with E-state index < -0.39 is 11.4 Å². The van der Waals surface area contributed by atoms with Gasteiger partial charge >= 0.3 is 0 Å². The number of ether oxygens (including phenoxy) is 1. The lowest BCUT2D eigenvalue weighted by atomic mass is 9.97. The van der Waals surface area contributed by atoms with Crippen LogP contribution >= 0.6 is 11.3 Å². The van der Waals surface area contributed by atoms with Gasteiger partial charge in [-0.1, -0.05) is 0 Å². The standard InChI is InChI=1S/C20H24N4O2S/c1-19(2,25)15-7-8-21-12-17(15)24-10-9-23(20(24,3)26-4)14-5-6-16-18(11-14)27-13-22-16/h5-8,11-13,25H,9-10H2,1-4H3. The first kappa shape index (κ1) is 18.2. The summed E-state index contributed by atoms with van der Waals surface area (Å²) in [5.74, 6) is -0.693. The molecule has 0 saturated carbocycles. The normalized spacial score (nSPS) is 20.6. The summed E-state index contributed by atoms with van der Waals surface area (Å²) < 4.78 is 7.18. The molecule has 2 aromatic heterocycles. The van der Waals surface area contributed by atoms with E-state index in [9.17, 15) is 5.11 Å². The molecule has 6 nitrogen and oxygen atoms in total. The molecule has 0 spiro atoms. The van der Waals surface area contributed by atoms with Crippen molar-refractivity contribution in [3.63, 3.8) is 0 Å². The highest BCUT2D eigenvalue weighted by Crippen LogP contribution is 2.40. The maximum atomic E-state index is 10.6. The Morgan fingerprint density at radius 3 is 2.74 bits per heavy atom. The molecule has 1 fully saturated rings. The first-order valence-corrected chi connectivity index (χ1v) is 9.83. The average Bonchev–Trinajstić information content (AvgIpc) is 3.24. The number of fused-ring (bicyclic) bond motifs is 1. The van der Waals surface area contributed by atoms with Crippen molar-refractivity contribution in [2.75, 3.05) is 30.0 Å². The highest BCUT2D eigenvalue weighted by molar-refractivity contribution is 7.16. The average molecular weight is 385 g/mol. The predicted octanol–water partition coefficient (Wildman–Crippen LogP) is 3.57. The van der Waals surface area contributed by atoms with Crippen molar-refractivity contribution in [2.24, 2.45) is 0 Å². The van der Waals surface area contributed by atoms with Crippen LogP contribution in [-0.2, 0) is 10.3 Å². The Balaban J connectivity index is 1.77. The van der Waals surface area contributed by atoms with Crippen LogP contribution in [0.3, 0.4) is 0 Å². The zero-order valence-corrected chi connectivity index (χ0v) is 16.8. The van der Waals surface area contributed by atoms with Crippen LogP contribution in [0.25, 0.3) is 10.2 Å². The third-order valence-corrected chi connectivity index (χ3v) is 6.10. The summed E-state index contributed by atoms with van der Waals surface area (Å²) in [5, 5.41) is 10.6. The zero-order chi connectivity index (χ0) is 19.2. The quantitative estimate of drug-likeness (QED) is 0.742. The Labute approximate surface area is 163 Å². The van der Waals surface area contributed by atoms with Crippen molar-refractivity contribution in [1.82, 2.24) is 9.97 Å². The van der Waals surface area contributed by atoms with Gasteiger partial charge in [-0.05, 0) is 38.1 Å². The minimum atomic E-state index is -0.970. The van der Waals surface area contributed by atoms with E-state index in [-0.39, 0.29) is 0 Å². The predicted molar refractivity (Wildman–Crippen MR) is 109 cm³/mol. The van der Waals surface area contributed by atoms with Gasteiger partial charge in [0.25, 0.3) is 0 Å². The molecule has 1 aromatic carbocycles. The number of anilines is 2. The van der Waals surface area contributed by atoms with Gasteiger partial charge in [-0.2, -0.15) is 0 Å². The van der Waals surface area contributed by atoms with Crippen LogP contribution in [0, 0.1) is 0 Å². The maximum Gasteiger partial charge on any atom is 0.218 e. The molecule has 1 aliphatic rings. The summed E-state index contributed by atoms with van der Waals surface area (Å²) in [4.78, 5) is 13.1. The second kappa shape index (κ2) is 6.44. The molecule has 0 amide bonds. The van der Waals surface area contributed by atoms with Crippen LogP contribution in [-0.4, -0.2) is 41.1 Å². The fourth-order valence-corrected chi connectivity index (χ4v) is 4.53. The van der Waals surface area contributed by atoms with Gasteiger partial charge < -0.3 is 19.6 Å². The Morgan fingerprint density at radius 2 is 2.00 bits per heavy atom. The third kappa shape index (κ3) is 2.96. The number of aromatic nitrogens is 2. The van der Waals surface area contributed by atoms with Gasteiger partial charge in [0.05, 0.1) is 33.2 Å². The first-order chi connectivity index (χ1) is 12.8. The smallest absolute Gasteiger partial charge is 0.218 e. The van der Waals surface area contributed by atoms with Crippen LogP contribution in [0.2, 0.25) is 0 Å². The number of hydrogen-bond donors (Lipinski definition) is 1. The minimum Gasteiger partial charge on any atom is -0.386 e. The Kier molecular flexibility index (Phi) is 4.33. The lowest BCUT2D eigenvalue weighted by Crippen LogP contribution is -2.53. The number of rotatable bonds is 4. The van der Waals surface area contributed by atoms with E-state index in [2.05, 4.69) is 38.8 Å². The largest absolute Gasteiger partial charge is 0.386 e. The second-order valence-corrected chi connectivity index (χ2v) is 8.28. The molecule has 27 heavy (non-hydrogen) atoms. The SMILES string of the molecule is COC1(C)N(c2ccc3ncsc3c2)CCN1c1cnccc1C(C)(C)O. The van der Waals surface area contributed by atoms with Crippen molar-refractivity contribution in [1.29, 1.82) is 0 Å². The molecule has 1 aliphatic heterocycles. The molecule has 142 valence electrons. The minimum absolute atomic E-state index is 0.693. The molecule has 7 heteroatoms. The molecule has 1 N–H and O–H groups in total. The van der Waals surface area contributed by atoms with Gasteiger partial charge in [-0.3, -0.25) is 4.98 Å². The van der Waals surface area contributed by atoms with Crippen molar-refractivity contribution < 1.29 is 9.84 Å². The highest BCUT2D eigenvalue weighted by atomic mass is 32.1. The van der Waals surface area contributed by atoms with Crippen molar-refractivity contribution in [2.45, 2.75) is 32.2 Å². The second-order valence-electron chi connectivity index (χ2n) is 7.40. The summed E-state index contributed by atoms with van der Waals surface area (Å²) in [6.07, 6.45) is 3.52. The fraction of sp³-hybridized carbons (Fsp3) is 0.400. The van der Waals surface area contributed by atoms with Gasteiger partial charge in [0.15, 0.2) is 0 Å². The van der Waals surface area contributed by atoms with Crippen LogP contribution in [0.4, 0.5) is 11.4 Å². The molecule has 3 aromatic rings. The van der Waals surface area contributed by atoms with Crippen LogP contribution < -0.4 is 9.80 Å². The van der Waals surface area contributed by atoms with E-state index >= 15 is 0 Å². The van der Waals surface area contributed by atoms with Crippen molar-refractivity contribution in [3.05, 3.63) is 47.7 Å². The zero-order valence-electron chi connectivity index (χ0n) is 16.0. The van der Waals surface area contributed by atoms with Crippen LogP contribution in [0.1, 0.15) is 26.3 Å². The molecule has 1 atom stereocenters. The number of nitrogens with zero attached hydrogens (tertiary/aromatic N) is 4. The van der Waals surface area contributed by atoms with Crippen LogP contribution in [0.15, 0.2) is 42.2 Å². The summed E-state index contributed by atoms with van der Waals surface area (Å²) in [6, 6.07) is 8.17. The van der Waals surface area contributed by atoms with E-state index in [1.807, 2.05) is 17.6 Å². The van der Waals surface area contributed by atoms with Crippen molar-refractivity contribution in [3.8, 4) is 0 Å². The Bertz CT molecular complexity index is 968. The molecular formula is C20H24N4O2S. The van der Waals surface area contributed by atoms with E-state index in [0.29, 0.717) is 0 Å². The number of benzene rings is 1. The molecular weight excluding hydrogens is 360 g/mol. The van der Waals surface area contributed by atoms with Crippen LogP contribution in [0.5, 0.6) is 0 Å². The molecule has 1 saturated heterocycles. The molecule has 0 aliphatic carbocycles. The van der Waals surface area contributed by atoms with E-state index in [1.165, 1.54) is 0 Å². The lowest BCUT2D eigenvalue weighted by molar-refractivity contribution is 0.0176. The maximum absolute atomic E-state index is 10.6. The van der Waals surface area contributed by atoms with Gasteiger partial charge in [-0.15, -0.1) is 11.3 Å². The monoisotopic (exact) mass is 384 g/mol. The molecule has 1 unspecified atom stereocenters. The van der Waals surface area contributed by atoms with Gasteiger partial charge in [0, 0.05) is 44.6 Å². The Morgan fingerprint density at radius 1 is 1.22 bits per heavy atom.